The first kappa shape index (κ1) is 22.6. The Bertz CT molecular complexity index is 1300. The fourth-order valence-electron chi connectivity index (χ4n) is 5.30. The number of amides is 1. The monoisotopic (exact) mass is 475 g/mol. The van der Waals surface area contributed by atoms with E-state index in [0.717, 1.165) is 54.0 Å². The molecule has 0 aliphatic carbocycles. The summed E-state index contributed by atoms with van der Waals surface area (Å²) >= 11 is 0. The summed E-state index contributed by atoms with van der Waals surface area (Å²) in [5.41, 5.74) is 4.59. The SMILES string of the molecule is CS(=O)(=O)N1CC2(CCN(CC(=O)Nc3ccccc3-c3ccccc3)CC2)c2ccccc21. The lowest BCUT2D eigenvalue weighted by Crippen LogP contribution is -2.47. The third-order valence-corrected chi connectivity index (χ3v) is 8.18. The number of fused-ring (bicyclic) bond motifs is 2. The first-order chi connectivity index (χ1) is 16.4. The lowest BCUT2D eigenvalue weighted by atomic mass is 9.74. The molecule has 176 valence electrons. The van der Waals surface area contributed by atoms with E-state index in [2.05, 4.69) is 16.3 Å². The Morgan fingerprint density at radius 2 is 1.56 bits per heavy atom. The number of carbonyl (C=O) groups is 1. The average Bonchev–Trinajstić information content (AvgIpc) is 3.16. The summed E-state index contributed by atoms with van der Waals surface area (Å²) in [5, 5.41) is 3.09. The number of nitrogens with one attached hydrogen (secondary N) is 1. The number of para-hydroxylation sites is 2. The summed E-state index contributed by atoms with van der Waals surface area (Å²) in [4.78, 5) is 15.1. The molecule has 0 radical (unpaired) electrons. The van der Waals surface area contributed by atoms with Gasteiger partial charge in [0.2, 0.25) is 15.9 Å². The van der Waals surface area contributed by atoms with Crippen LogP contribution in [0.15, 0.2) is 78.9 Å². The number of hydrogen-bond donors (Lipinski definition) is 1. The molecule has 0 bridgehead atoms. The van der Waals surface area contributed by atoms with Gasteiger partial charge in [-0.05, 0) is 49.2 Å². The van der Waals surface area contributed by atoms with Gasteiger partial charge in [-0.3, -0.25) is 14.0 Å². The molecule has 1 N–H and O–H groups in total. The highest BCUT2D eigenvalue weighted by Crippen LogP contribution is 2.47. The largest absolute Gasteiger partial charge is 0.324 e. The van der Waals surface area contributed by atoms with E-state index in [1.54, 1.807) is 4.31 Å². The first-order valence-corrected chi connectivity index (χ1v) is 13.4. The Morgan fingerprint density at radius 3 is 2.29 bits per heavy atom. The van der Waals surface area contributed by atoms with Crippen molar-refractivity contribution in [2.24, 2.45) is 0 Å². The quantitative estimate of drug-likeness (QED) is 0.603. The van der Waals surface area contributed by atoms with E-state index in [4.69, 9.17) is 0 Å². The zero-order valence-electron chi connectivity index (χ0n) is 19.3. The molecule has 2 heterocycles. The maximum Gasteiger partial charge on any atom is 0.238 e. The van der Waals surface area contributed by atoms with E-state index in [1.807, 2.05) is 72.8 Å². The van der Waals surface area contributed by atoms with Crippen molar-refractivity contribution >= 4 is 27.3 Å². The number of hydrogen-bond acceptors (Lipinski definition) is 4. The number of carbonyl (C=O) groups excluding carboxylic acids is 1. The topological polar surface area (TPSA) is 69.7 Å². The van der Waals surface area contributed by atoms with Crippen LogP contribution in [0.4, 0.5) is 11.4 Å². The minimum absolute atomic E-state index is 0.0380. The van der Waals surface area contributed by atoms with E-state index in [9.17, 15) is 13.2 Å². The smallest absolute Gasteiger partial charge is 0.238 e. The fraction of sp³-hybridized carbons (Fsp3) is 0.296. The molecule has 0 saturated carbocycles. The molecule has 1 saturated heterocycles. The number of rotatable bonds is 5. The van der Waals surface area contributed by atoms with Gasteiger partial charge >= 0.3 is 0 Å². The normalized spacial score (nSPS) is 17.5. The van der Waals surface area contributed by atoms with Crippen LogP contribution in [-0.4, -0.2) is 51.7 Å². The Kier molecular flexibility index (Phi) is 5.91. The minimum Gasteiger partial charge on any atom is -0.324 e. The van der Waals surface area contributed by atoms with Crippen molar-refractivity contribution in [3.63, 3.8) is 0 Å². The van der Waals surface area contributed by atoms with Crippen LogP contribution in [0.5, 0.6) is 0 Å². The molecule has 2 aliphatic rings. The van der Waals surface area contributed by atoms with Crippen LogP contribution in [-0.2, 0) is 20.2 Å². The fourth-order valence-corrected chi connectivity index (χ4v) is 6.30. The number of anilines is 2. The predicted molar refractivity (Wildman–Crippen MR) is 136 cm³/mol. The molecule has 1 spiro atoms. The highest BCUT2D eigenvalue weighted by Gasteiger charge is 2.46. The third kappa shape index (κ3) is 4.33. The number of nitrogens with zero attached hydrogens (tertiary/aromatic N) is 2. The minimum atomic E-state index is -3.33. The molecule has 5 rings (SSSR count). The number of benzene rings is 3. The molecular weight excluding hydrogens is 446 g/mol. The van der Waals surface area contributed by atoms with Gasteiger partial charge in [0.05, 0.1) is 18.5 Å². The van der Waals surface area contributed by atoms with Crippen molar-refractivity contribution in [2.45, 2.75) is 18.3 Å². The van der Waals surface area contributed by atoms with Crippen molar-refractivity contribution in [1.82, 2.24) is 4.90 Å². The molecule has 34 heavy (non-hydrogen) atoms. The van der Waals surface area contributed by atoms with Gasteiger partial charge in [0.25, 0.3) is 0 Å². The summed E-state index contributed by atoms with van der Waals surface area (Å²) in [6.45, 7) is 2.30. The Labute approximate surface area is 201 Å². The molecular formula is C27H29N3O3S. The Balaban J connectivity index is 1.26. The molecule has 0 unspecified atom stereocenters. The second-order valence-electron chi connectivity index (χ2n) is 9.30. The van der Waals surface area contributed by atoms with Crippen molar-refractivity contribution < 1.29 is 13.2 Å². The van der Waals surface area contributed by atoms with Crippen molar-refractivity contribution in [1.29, 1.82) is 0 Å². The summed E-state index contributed by atoms with van der Waals surface area (Å²) in [6.07, 6.45) is 2.92. The molecule has 3 aromatic carbocycles. The van der Waals surface area contributed by atoms with Gasteiger partial charge in [0.15, 0.2) is 0 Å². The summed E-state index contributed by atoms with van der Waals surface area (Å²) < 4.78 is 26.3. The standard InChI is InChI=1S/C27H29N3O3S/c1-34(32,33)30-20-27(23-12-6-8-14-25(23)30)15-17-29(18-16-27)19-26(31)28-24-13-7-5-11-22(24)21-9-3-2-4-10-21/h2-14H,15-20H2,1H3,(H,28,31). The van der Waals surface area contributed by atoms with E-state index in [-0.39, 0.29) is 11.3 Å². The van der Waals surface area contributed by atoms with E-state index in [1.165, 1.54) is 6.26 Å². The van der Waals surface area contributed by atoms with Gasteiger partial charge in [-0.1, -0.05) is 66.7 Å². The summed E-state index contributed by atoms with van der Waals surface area (Å²) in [6, 6.07) is 25.7. The van der Waals surface area contributed by atoms with Gasteiger partial charge in [-0.2, -0.15) is 0 Å². The van der Waals surface area contributed by atoms with Crippen LogP contribution in [0.25, 0.3) is 11.1 Å². The average molecular weight is 476 g/mol. The highest BCUT2D eigenvalue weighted by molar-refractivity contribution is 7.92. The predicted octanol–water partition coefficient (Wildman–Crippen LogP) is 4.11. The van der Waals surface area contributed by atoms with Crippen molar-refractivity contribution in [2.75, 3.05) is 42.1 Å². The number of likely N-dealkylation sites (tertiary alicyclic amines) is 1. The van der Waals surface area contributed by atoms with Gasteiger partial charge in [0.1, 0.15) is 0 Å². The first-order valence-electron chi connectivity index (χ1n) is 11.6. The molecule has 1 amide bonds. The van der Waals surface area contributed by atoms with Gasteiger partial charge in [-0.25, -0.2) is 8.42 Å². The molecule has 7 heteroatoms. The summed E-state index contributed by atoms with van der Waals surface area (Å²) in [7, 11) is -3.33. The number of sulfonamides is 1. The molecule has 2 aliphatic heterocycles. The summed E-state index contributed by atoms with van der Waals surface area (Å²) in [5.74, 6) is -0.0380. The molecule has 6 nitrogen and oxygen atoms in total. The van der Waals surface area contributed by atoms with Gasteiger partial charge < -0.3 is 5.32 Å². The van der Waals surface area contributed by atoms with Gasteiger partial charge in [0, 0.05) is 23.2 Å². The van der Waals surface area contributed by atoms with Crippen LogP contribution in [0.1, 0.15) is 18.4 Å². The molecule has 0 aromatic heterocycles. The Morgan fingerprint density at radius 1 is 0.912 bits per heavy atom. The Hall–Kier alpha value is -3.16. The second-order valence-corrected chi connectivity index (χ2v) is 11.2. The molecule has 3 aromatic rings. The number of piperidine rings is 1. The van der Waals surface area contributed by atoms with Crippen LogP contribution in [0.2, 0.25) is 0 Å². The third-order valence-electron chi connectivity index (χ3n) is 7.06. The lowest BCUT2D eigenvalue weighted by Gasteiger charge is -2.39. The molecule has 0 atom stereocenters. The van der Waals surface area contributed by atoms with E-state index in [0.29, 0.717) is 13.1 Å². The van der Waals surface area contributed by atoms with Crippen LogP contribution < -0.4 is 9.62 Å². The van der Waals surface area contributed by atoms with Crippen LogP contribution in [0, 0.1) is 0 Å². The lowest BCUT2D eigenvalue weighted by molar-refractivity contribution is -0.117. The maximum absolute atomic E-state index is 12.9. The highest BCUT2D eigenvalue weighted by atomic mass is 32.2. The zero-order valence-corrected chi connectivity index (χ0v) is 20.1. The zero-order chi connectivity index (χ0) is 23.8. The maximum atomic E-state index is 12.9. The molecule has 1 fully saturated rings. The van der Waals surface area contributed by atoms with Crippen molar-refractivity contribution in [3.05, 3.63) is 84.4 Å². The van der Waals surface area contributed by atoms with Crippen LogP contribution >= 0.6 is 0 Å². The van der Waals surface area contributed by atoms with Gasteiger partial charge in [-0.15, -0.1) is 0 Å². The van der Waals surface area contributed by atoms with E-state index < -0.39 is 10.0 Å². The van der Waals surface area contributed by atoms with E-state index >= 15 is 0 Å². The second kappa shape index (κ2) is 8.89. The van der Waals surface area contributed by atoms with Crippen LogP contribution in [0.3, 0.4) is 0 Å². The van der Waals surface area contributed by atoms with Crippen molar-refractivity contribution in [3.8, 4) is 11.1 Å².